The standard InChI is InChI=1S/C13H17NO/c14-11-8-13(9-4-3-5-9)15-12-7-2-1-6-10(11)12/h1-2,6-7,9,11,13H,3-5,8,14H2/t11-,13?/m1/s1. The van der Waals surface area contributed by atoms with Gasteiger partial charge in [-0.25, -0.2) is 0 Å². The first-order valence-electron chi connectivity index (χ1n) is 5.86. The number of benzene rings is 1. The number of hydrogen-bond acceptors (Lipinski definition) is 2. The van der Waals surface area contributed by atoms with E-state index in [0.29, 0.717) is 6.10 Å². The van der Waals surface area contributed by atoms with Gasteiger partial charge in [0.1, 0.15) is 11.9 Å². The number of para-hydroxylation sites is 1. The smallest absolute Gasteiger partial charge is 0.124 e. The van der Waals surface area contributed by atoms with Crippen LogP contribution in [0.1, 0.15) is 37.3 Å². The molecule has 0 aromatic heterocycles. The number of ether oxygens (including phenoxy) is 1. The van der Waals surface area contributed by atoms with Crippen molar-refractivity contribution in [2.45, 2.75) is 37.8 Å². The van der Waals surface area contributed by atoms with Gasteiger partial charge < -0.3 is 10.5 Å². The molecule has 1 fully saturated rings. The molecule has 0 bridgehead atoms. The van der Waals surface area contributed by atoms with Crippen molar-refractivity contribution in [1.82, 2.24) is 0 Å². The van der Waals surface area contributed by atoms with Crippen LogP contribution in [0.5, 0.6) is 5.75 Å². The SMILES string of the molecule is N[C@@H]1CC(C2CCC2)Oc2ccccc21. The Bertz CT molecular complexity index is 359. The Morgan fingerprint density at radius 1 is 1.20 bits per heavy atom. The largest absolute Gasteiger partial charge is 0.490 e. The molecule has 2 N–H and O–H groups in total. The minimum absolute atomic E-state index is 0.167. The first-order chi connectivity index (χ1) is 7.34. The van der Waals surface area contributed by atoms with E-state index in [1.54, 1.807) is 0 Å². The first-order valence-corrected chi connectivity index (χ1v) is 5.86. The molecule has 3 rings (SSSR count). The molecule has 2 atom stereocenters. The summed E-state index contributed by atoms with van der Waals surface area (Å²) in [7, 11) is 0. The molecule has 15 heavy (non-hydrogen) atoms. The molecule has 1 aromatic rings. The predicted octanol–water partition coefficient (Wildman–Crippen LogP) is 2.64. The lowest BCUT2D eigenvalue weighted by Gasteiger charge is -2.39. The highest BCUT2D eigenvalue weighted by molar-refractivity contribution is 5.37. The number of nitrogens with two attached hydrogens (primary N) is 1. The van der Waals surface area contributed by atoms with E-state index >= 15 is 0 Å². The van der Waals surface area contributed by atoms with Crippen LogP contribution in [0, 0.1) is 5.92 Å². The van der Waals surface area contributed by atoms with E-state index in [9.17, 15) is 0 Å². The van der Waals surface area contributed by atoms with Crippen molar-refractivity contribution in [3.05, 3.63) is 29.8 Å². The summed E-state index contributed by atoms with van der Waals surface area (Å²) in [4.78, 5) is 0. The second-order valence-corrected chi connectivity index (χ2v) is 4.73. The van der Waals surface area contributed by atoms with Gasteiger partial charge in [-0.1, -0.05) is 24.6 Å². The van der Waals surface area contributed by atoms with Crippen LogP contribution in [0.15, 0.2) is 24.3 Å². The molecular formula is C13H17NO. The third-order valence-electron chi connectivity index (χ3n) is 3.76. The second-order valence-electron chi connectivity index (χ2n) is 4.73. The highest BCUT2D eigenvalue weighted by Gasteiger charge is 2.34. The minimum Gasteiger partial charge on any atom is -0.490 e. The molecule has 0 amide bonds. The van der Waals surface area contributed by atoms with Gasteiger partial charge in [0.05, 0.1) is 0 Å². The third kappa shape index (κ3) is 1.53. The molecule has 0 spiro atoms. The molecule has 1 heterocycles. The van der Waals surface area contributed by atoms with Gasteiger partial charge in [-0.05, 0) is 24.8 Å². The fourth-order valence-corrected chi connectivity index (χ4v) is 2.58. The van der Waals surface area contributed by atoms with E-state index in [-0.39, 0.29) is 6.04 Å². The van der Waals surface area contributed by atoms with Crippen molar-refractivity contribution in [2.75, 3.05) is 0 Å². The average Bonchev–Trinajstić information content (AvgIpc) is 2.15. The zero-order chi connectivity index (χ0) is 10.3. The molecular weight excluding hydrogens is 186 g/mol. The molecule has 1 aliphatic carbocycles. The average molecular weight is 203 g/mol. The molecule has 1 aliphatic heterocycles. The number of hydrogen-bond donors (Lipinski definition) is 1. The lowest BCUT2D eigenvalue weighted by Crippen LogP contribution is -2.38. The zero-order valence-electron chi connectivity index (χ0n) is 8.86. The van der Waals surface area contributed by atoms with E-state index < -0.39 is 0 Å². The van der Waals surface area contributed by atoms with Crippen molar-refractivity contribution < 1.29 is 4.74 Å². The van der Waals surface area contributed by atoms with Crippen LogP contribution in [-0.2, 0) is 0 Å². The van der Waals surface area contributed by atoms with Gasteiger partial charge in [-0.15, -0.1) is 0 Å². The van der Waals surface area contributed by atoms with Gasteiger partial charge in [0.15, 0.2) is 0 Å². The van der Waals surface area contributed by atoms with Crippen molar-refractivity contribution in [1.29, 1.82) is 0 Å². The van der Waals surface area contributed by atoms with Crippen LogP contribution in [-0.4, -0.2) is 6.10 Å². The highest BCUT2D eigenvalue weighted by atomic mass is 16.5. The second kappa shape index (κ2) is 3.53. The maximum Gasteiger partial charge on any atom is 0.124 e. The number of rotatable bonds is 1. The summed E-state index contributed by atoms with van der Waals surface area (Å²) in [6.45, 7) is 0. The Morgan fingerprint density at radius 2 is 2.00 bits per heavy atom. The number of fused-ring (bicyclic) bond motifs is 1. The predicted molar refractivity (Wildman–Crippen MR) is 59.7 cm³/mol. The van der Waals surface area contributed by atoms with Crippen molar-refractivity contribution in [3.8, 4) is 5.75 Å². The summed E-state index contributed by atoms with van der Waals surface area (Å²) >= 11 is 0. The van der Waals surface area contributed by atoms with Crippen molar-refractivity contribution >= 4 is 0 Å². The fourth-order valence-electron chi connectivity index (χ4n) is 2.58. The van der Waals surface area contributed by atoms with Gasteiger partial charge in [0, 0.05) is 18.0 Å². The van der Waals surface area contributed by atoms with Crippen LogP contribution in [0.25, 0.3) is 0 Å². The van der Waals surface area contributed by atoms with Gasteiger partial charge in [-0.2, -0.15) is 0 Å². The monoisotopic (exact) mass is 203 g/mol. The summed E-state index contributed by atoms with van der Waals surface area (Å²) in [5.41, 5.74) is 7.35. The Labute approximate surface area is 90.4 Å². The van der Waals surface area contributed by atoms with Crippen molar-refractivity contribution in [2.24, 2.45) is 11.7 Å². The quantitative estimate of drug-likeness (QED) is 0.761. The molecule has 1 saturated carbocycles. The normalized spacial score (nSPS) is 30.2. The maximum atomic E-state index is 6.17. The summed E-state index contributed by atoms with van der Waals surface area (Å²) in [6, 6.07) is 8.35. The van der Waals surface area contributed by atoms with Crippen LogP contribution in [0.2, 0.25) is 0 Å². The van der Waals surface area contributed by atoms with Gasteiger partial charge in [0.25, 0.3) is 0 Å². The summed E-state index contributed by atoms with van der Waals surface area (Å²) < 4.78 is 6.03. The molecule has 2 heteroatoms. The topological polar surface area (TPSA) is 35.2 Å². The van der Waals surface area contributed by atoms with E-state index in [4.69, 9.17) is 10.5 Å². The minimum atomic E-state index is 0.167. The Balaban J connectivity index is 1.85. The van der Waals surface area contributed by atoms with E-state index in [2.05, 4.69) is 6.07 Å². The Hall–Kier alpha value is -1.02. The van der Waals surface area contributed by atoms with E-state index in [1.165, 1.54) is 24.8 Å². The van der Waals surface area contributed by atoms with Crippen LogP contribution < -0.4 is 10.5 Å². The molecule has 1 unspecified atom stereocenters. The van der Waals surface area contributed by atoms with Gasteiger partial charge in [-0.3, -0.25) is 0 Å². The third-order valence-corrected chi connectivity index (χ3v) is 3.76. The molecule has 80 valence electrons. The Kier molecular flexibility index (Phi) is 2.17. The highest BCUT2D eigenvalue weighted by Crippen LogP contribution is 2.40. The van der Waals surface area contributed by atoms with E-state index in [0.717, 1.165) is 18.1 Å². The summed E-state index contributed by atoms with van der Waals surface area (Å²) in [5, 5.41) is 0. The van der Waals surface area contributed by atoms with Crippen LogP contribution in [0.3, 0.4) is 0 Å². The molecule has 2 aliphatic rings. The van der Waals surface area contributed by atoms with E-state index in [1.807, 2.05) is 18.2 Å². The maximum absolute atomic E-state index is 6.17. The summed E-state index contributed by atoms with van der Waals surface area (Å²) in [6.07, 6.45) is 5.35. The molecule has 0 radical (unpaired) electrons. The van der Waals surface area contributed by atoms with Gasteiger partial charge >= 0.3 is 0 Å². The van der Waals surface area contributed by atoms with Gasteiger partial charge in [0.2, 0.25) is 0 Å². The molecule has 1 aromatic carbocycles. The fraction of sp³-hybridized carbons (Fsp3) is 0.538. The lowest BCUT2D eigenvalue weighted by molar-refractivity contribution is 0.0580. The summed E-state index contributed by atoms with van der Waals surface area (Å²) in [5.74, 6) is 1.76. The van der Waals surface area contributed by atoms with Crippen LogP contribution >= 0.6 is 0 Å². The first kappa shape index (κ1) is 9.22. The van der Waals surface area contributed by atoms with Crippen molar-refractivity contribution in [3.63, 3.8) is 0 Å². The van der Waals surface area contributed by atoms with Crippen LogP contribution in [0.4, 0.5) is 0 Å². The Morgan fingerprint density at radius 3 is 2.73 bits per heavy atom. The molecule has 2 nitrogen and oxygen atoms in total. The zero-order valence-corrected chi connectivity index (χ0v) is 8.86. The lowest BCUT2D eigenvalue weighted by atomic mass is 9.77. The molecule has 0 saturated heterocycles.